The summed E-state index contributed by atoms with van der Waals surface area (Å²) in [6.07, 6.45) is 5.12. The van der Waals surface area contributed by atoms with Crippen molar-refractivity contribution in [3.8, 4) is 0 Å². The molecule has 0 radical (unpaired) electrons. The SMILES string of the molecule is Cn1c(=O)oc2cc(CCNC(=O)C3CCCC3)ccc21. The summed E-state index contributed by atoms with van der Waals surface area (Å²) in [6.45, 7) is 0.623. The van der Waals surface area contributed by atoms with E-state index < -0.39 is 0 Å². The third-order valence-electron chi connectivity index (χ3n) is 4.30. The molecule has 1 aromatic heterocycles. The van der Waals surface area contributed by atoms with E-state index in [1.807, 2.05) is 18.2 Å². The molecule has 1 aliphatic rings. The fraction of sp³-hybridized carbons (Fsp3) is 0.500. The number of benzene rings is 1. The molecule has 0 unspecified atom stereocenters. The maximum atomic E-state index is 11.9. The maximum absolute atomic E-state index is 11.9. The summed E-state index contributed by atoms with van der Waals surface area (Å²) in [5.41, 5.74) is 2.45. The lowest BCUT2D eigenvalue weighted by Crippen LogP contribution is -2.30. The number of aryl methyl sites for hydroxylation is 1. The third-order valence-corrected chi connectivity index (χ3v) is 4.30. The van der Waals surface area contributed by atoms with E-state index in [4.69, 9.17) is 4.42 Å². The Morgan fingerprint density at radius 2 is 2.14 bits per heavy atom. The molecule has 1 saturated carbocycles. The molecule has 1 N–H and O–H groups in total. The van der Waals surface area contributed by atoms with Gasteiger partial charge in [0.2, 0.25) is 5.91 Å². The monoisotopic (exact) mass is 288 g/mol. The first-order valence-electron chi connectivity index (χ1n) is 7.51. The van der Waals surface area contributed by atoms with Gasteiger partial charge in [-0.15, -0.1) is 0 Å². The van der Waals surface area contributed by atoms with E-state index in [0.29, 0.717) is 12.1 Å². The summed E-state index contributed by atoms with van der Waals surface area (Å²) in [5.74, 6) is 0.0381. The number of hydrogen-bond acceptors (Lipinski definition) is 3. The van der Waals surface area contributed by atoms with Crippen molar-refractivity contribution in [1.82, 2.24) is 9.88 Å². The number of carbonyl (C=O) groups excluding carboxylic acids is 1. The Balaban J connectivity index is 1.60. The number of aromatic nitrogens is 1. The lowest BCUT2D eigenvalue weighted by Gasteiger charge is -2.10. The molecular formula is C16H20N2O3. The molecule has 21 heavy (non-hydrogen) atoms. The Kier molecular flexibility index (Phi) is 3.82. The molecule has 1 heterocycles. The third kappa shape index (κ3) is 2.86. The lowest BCUT2D eigenvalue weighted by molar-refractivity contribution is -0.124. The number of rotatable bonds is 4. The van der Waals surface area contributed by atoms with Crippen molar-refractivity contribution in [2.75, 3.05) is 6.54 Å². The molecule has 0 aliphatic heterocycles. The zero-order chi connectivity index (χ0) is 14.8. The van der Waals surface area contributed by atoms with Gasteiger partial charge in [0.1, 0.15) is 0 Å². The van der Waals surface area contributed by atoms with E-state index in [2.05, 4.69) is 5.32 Å². The predicted molar refractivity (Wildman–Crippen MR) is 80.1 cm³/mol. The maximum Gasteiger partial charge on any atom is 0.419 e. The summed E-state index contributed by atoms with van der Waals surface area (Å²) in [5, 5.41) is 3.00. The van der Waals surface area contributed by atoms with Crippen LogP contribution >= 0.6 is 0 Å². The zero-order valence-corrected chi connectivity index (χ0v) is 12.2. The molecule has 0 atom stereocenters. The Labute approximate surface area is 122 Å². The quantitative estimate of drug-likeness (QED) is 0.935. The van der Waals surface area contributed by atoms with Gasteiger partial charge < -0.3 is 9.73 Å². The second-order valence-electron chi connectivity index (χ2n) is 5.75. The van der Waals surface area contributed by atoms with Crippen molar-refractivity contribution >= 4 is 17.0 Å². The van der Waals surface area contributed by atoms with Gasteiger partial charge in [-0.05, 0) is 37.0 Å². The second kappa shape index (κ2) is 5.76. The summed E-state index contributed by atoms with van der Waals surface area (Å²) in [6, 6.07) is 5.73. The van der Waals surface area contributed by atoms with Crippen molar-refractivity contribution < 1.29 is 9.21 Å². The lowest BCUT2D eigenvalue weighted by atomic mass is 10.1. The van der Waals surface area contributed by atoms with E-state index >= 15 is 0 Å². The van der Waals surface area contributed by atoms with Crippen molar-refractivity contribution in [2.45, 2.75) is 32.1 Å². The van der Waals surface area contributed by atoms with Crippen molar-refractivity contribution in [1.29, 1.82) is 0 Å². The van der Waals surface area contributed by atoms with Crippen molar-refractivity contribution in [3.05, 3.63) is 34.3 Å². The predicted octanol–water partition coefficient (Wildman–Crippen LogP) is 1.98. The molecular weight excluding hydrogens is 268 g/mol. The van der Waals surface area contributed by atoms with Crippen LogP contribution in [-0.4, -0.2) is 17.0 Å². The van der Waals surface area contributed by atoms with E-state index in [-0.39, 0.29) is 17.6 Å². The highest BCUT2D eigenvalue weighted by molar-refractivity contribution is 5.79. The zero-order valence-electron chi connectivity index (χ0n) is 12.2. The molecule has 5 nitrogen and oxygen atoms in total. The highest BCUT2D eigenvalue weighted by Crippen LogP contribution is 2.24. The van der Waals surface area contributed by atoms with Gasteiger partial charge in [-0.3, -0.25) is 9.36 Å². The van der Waals surface area contributed by atoms with E-state index in [1.165, 1.54) is 17.4 Å². The van der Waals surface area contributed by atoms with Crippen molar-refractivity contribution in [3.63, 3.8) is 0 Å². The van der Waals surface area contributed by atoms with Gasteiger partial charge in [0.25, 0.3) is 0 Å². The van der Waals surface area contributed by atoms with E-state index in [0.717, 1.165) is 30.3 Å². The second-order valence-corrected chi connectivity index (χ2v) is 5.75. The summed E-state index contributed by atoms with van der Waals surface area (Å²) in [7, 11) is 1.69. The number of nitrogens with zero attached hydrogens (tertiary/aromatic N) is 1. The fourth-order valence-electron chi connectivity index (χ4n) is 3.00. The van der Waals surface area contributed by atoms with Crippen LogP contribution in [0.4, 0.5) is 0 Å². The van der Waals surface area contributed by atoms with Crippen LogP contribution in [0.2, 0.25) is 0 Å². The van der Waals surface area contributed by atoms with Gasteiger partial charge in [0.15, 0.2) is 5.58 Å². The molecule has 5 heteroatoms. The molecule has 1 aliphatic carbocycles. The van der Waals surface area contributed by atoms with E-state index in [1.54, 1.807) is 7.05 Å². The molecule has 0 bridgehead atoms. The molecule has 0 spiro atoms. The summed E-state index contributed by atoms with van der Waals surface area (Å²) < 4.78 is 6.66. The Bertz CT molecular complexity index is 708. The van der Waals surface area contributed by atoms with Crippen LogP contribution in [0.1, 0.15) is 31.2 Å². The minimum atomic E-state index is -0.350. The molecule has 1 fully saturated rings. The Morgan fingerprint density at radius 1 is 1.38 bits per heavy atom. The van der Waals surface area contributed by atoms with Gasteiger partial charge >= 0.3 is 5.76 Å². The first-order chi connectivity index (χ1) is 10.1. The van der Waals surface area contributed by atoms with Crippen molar-refractivity contribution in [2.24, 2.45) is 13.0 Å². The first-order valence-corrected chi connectivity index (χ1v) is 7.51. The van der Waals surface area contributed by atoms with Crippen LogP contribution in [0.15, 0.2) is 27.4 Å². The first kappa shape index (κ1) is 13.9. The molecule has 1 aromatic carbocycles. The topological polar surface area (TPSA) is 64.2 Å². The van der Waals surface area contributed by atoms with Gasteiger partial charge in [0, 0.05) is 19.5 Å². The molecule has 1 amide bonds. The molecule has 112 valence electrons. The number of nitrogens with one attached hydrogen (secondary N) is 1. The fourth-order valence-corrected chi connectivity index (χ4v) is 3.00. The number of oxazole rings is 1. The summed E-state index contributed by atoms with van der Waals surface area (Å²) >= 11 is 0. The molecule has 2 aromatic rings. The van der Waals surface area contributed by atoms with E-state index in [9.17, 15) is 9.59 Å². The number of amides is 1. The smallest absolute Gasteiger partial charge is 0.408 e. The van der Waals surface area contributed by atoms with Gasteiger partial charge in [0.05, 0.1) is 5.52 Å². The number of carbonyl (C=O) groups is 1. The average Bonchev–Trinajstić information content (AvgIpc) is 3.09. The minimum Gasteiger partial charge on any atom is -0.408 e. The highest BCUT2D eigenvalue weighted by atomic mass is 16.4. The van der Waals surface area contributed by atoms with Crippen LogP contribution in [0.5, 0.6) is 0 Å². The van der Waals surface area contributed by atoms with Crippen LogP contribution in [-0.2, 0) is 18.3 Å². The Hall–Kier alpha value is -2.04. The molecule has 3 rings (SSSR count). The summed E-state index contributed by atoms with van der Waals surface area (Å²) in [4.78, 5) is 23.4. The van der Waals surface area contributed by atoms with Gasteiger partial charge in [-0.1, -0.05) is 18.9 Å². The van der Waals surface area contributed by atoms with Crippen LogP contribution in [0, 0.1) is 5.92 Å². The van der Waals surface area contributed by atoms with Gasteiger partial charge in [-0.2, -0.15) is 0 Å². The normalized spacial score (nSPS) is 15.7. The Morgan fingerprint density at radius 3 is 2.90 bits per heavy atom. The standard InChI is InChI=1S/C16H20N2O3/c1-18-13-7-6-11(10-14(13)21-16(18)20)8-9-17-15(19)12-4-2-3-5-12/h6-7,10,12H,2-5,8-9H2,1H3,(H,17,19). The van der Waals surface area contributed by atoms with Crippen LogP contribution < -0.4 is 11.1 Å². The average molecular weight is 288 g/mol. The number of hydrogen-bond donors (Lipinski definition) is 1. The molecule has 0 saturated heterocycles. The minimum absolute atomic E-state index is 0.180. The number of fused-ring (bicyclic) bond motifs is 1. The highest BCUT2D eigenvalue weighted by Gasteiger charge is 2.21. The largest absolute Gasteiger partial charge is 0.419 e. The van der Waals surface area contributed by atoms with Crippen LogP contribution in [0.25, 0.3) is 11.1 Å². The van der Waals surface area contributed by atoms with Gasteiger partial charge in [-0.25, -0.2) is 4.79 Å². The van der Waals surface area contributed by atoms with Crippen LogP contribution in [0.3, 0.4) is 0 Å².